The molecule has 19 heavy (non-hydrogen) atoms. The van der Waals surface area contributed by atoms with Crippen molar-refractivity contribution in [1.29, 1.82) is 0 Å². The average molecular weight is 268 g/mol. The SMILES string of the molecule is CNC(c1cccc(OC(F)F)c1)c1cnnn1C. The van der Waals surface area contributed by atoms with Crippen molar-refractivity contribution in [2.24, 2.45) is 7.05 Å². The van der Waals surface area contributed by atoms with Crippen LogP contribution in [0.5, 0.6) is 5.75 Å². The van der Waals surface area contributed by atoms with Crippen LogP contribution < -0.4 is 10.1 Å². The molecule has 0 aliphatic carbocycles. The molecule has 2 aromatic rings. The van der Waals surface area contributed by atoms with Gasteiger partial charge in [0, 0.05) is 7.05 Å². The van der Waals surface area contributed by atoms with Gasteiger partial charge in [-0.25, -0.2) is 0 Å². The molecule has 0 saturated carbocycles. The minimum Gasteiger partial charge on any atom is -0.435 e. The van der Waals surface area contributed by atoms with Crippen LogP contribution in [0.2, 0.25) is 0 Å². The predicted molar refractivity (Wildman–Crippen MR) is 65.0 cm³/mol. The summed E-state index contributed by atoms with van der Waals surface area (Å²) in [5.41, 5.74) is 1.63. The second-order valence-corrected chi connectivity index (χ2v) is 3.96. The first-order valence-corrected chi connectivity index (χ1v) is 5.68. The number of nitrogens with one attached hydrogen (secondary N) is 1. The first-order chi connectivity index (χ1) is 9.11. The van der Waals surface area contributed by atoms with Crippen molar-refractivity contribution < 1.29 is 13.5 Å². The number of aromatic nitrogens is 3. The van der Waals surface area contributed by atoms with E-state index in [1.165, 1.54) is 6.07 Å². The van der Waals surface area contributed by atoms with Crippen molar-refractivity contribution in [1.82, 2.24) is 20.3 Å². The fourth-order valence-electron chi connectivity index (χ4n) is 1.91. The molecule has 0 saturated heterocycles. The highest BCUT2D eigenvalue weighted by Crippen LogP contribution is 2.24. The van der Waals surface area contributed by atoms with E-state index in [0.717, 1.165) is 11.3 Å². The summed E-state index contributed by atoms with van der Waals surface area (Å²) in [5, 5.41) is 10.8. The van der Waals surface area contributed by atoms with Crippen LogP contribution in [0.15, 0.2) is 30.5 Å². The third kappa shape index (κ3) is 3.05. The highest BCUT2D eigenvalue weighted by atomic mass is 19.3. The van der Waals surface area contributed by atoms with Crippen LogP contribution >= 0.6 is 0 Å². The number of alkyl halides is 2. The second-order valence-electron chi connectivity index (χ2n) is 3.96. The van der Waals surface area contributed by atoms with Gasteiger partial charge in [0.05, 0.1) is 17.9 Å². The van der Waals surface area contributed by atoms with E-state index in [2.05, 4.69) is 20.4 Å². The van der Waals surface area contributed by atoms with E-state index in [-0.39, 0.29) is 11.8 Å². The number of aryl methyl sites for hydroxylation is 1. The molecule has 1 heterocycles. The Bertz CT molecular complexity index is 544. The molecule has 0 amide bonds. The molecule has 7 heteroatoms. The summed E-state index contributed by atoms with van der Waals surface area (Å²) in [6.45, 7) is -2.83. The molecule has 1 unspecified atom stereocenters. The Morgan fingerprint density at radius 1 is 1.37 bits per heavy atom. The van der Waals surface area contributed by atoms with Crippen molar-refractivity contribution in [3.63, 3.8) is 0 Å². The Labute approximate surface area is 109 Å². The third-order valence-corrected chi connectivity index (χ3v) is 2.75. The Morgan fingerprint density at radius 3 is 2.74 bits per heavy atom. The number of hydrogen-bond donors (Lipinski definition) is 1. The van der Waals surface area contributed by atoms with Gasteiger partial charge in [0.2, 0.25) is 0 Å². The minimum atomic E-state index is -2.83. The average Bonchev–Trinajstić information content (AvgIpc) is 2.77. The molecule has 102 valence electrons. The summed E-state index contributed by atoms with van der Waals surface area (Å²) in [6.07, 6.45) is 1.63. The zero-order valence-electron chi connectivity index (χ0n) is 10.5. The Hall–Kier alpha value is -2.02. The molecule has 0 fully saturated rings. The van der Waals surface area contributed by atoms with Crippen LogP contribution in [0.3, 0.4) is 0 Å². The van der Waals surface area contributed by atoms with E-state index in [1.54, 1.807) is 37.1 Å². The van der Waals surface area contributed by atoms with Gasteiger partial charge in [-0.15, -0.1) is 5.10 Å². The maximum absolute atomic E-state index is 12.2. The molecule has 0 aliphatic rings. The van der Waals surface area contributed by atoms with Gasteiger partial charge in [0.15, 0.2) is 0 Å². The van der Waals surface area contributed by atoms with E-state index >= 15 is 0 Å². The van der Waals surface area contributed by atoms with Crippen molar-refractivity contribution in [3.8, 4) is 5.75 Å². The molecule has 0 spiro atoms. The van der Waals surface area contributed by atoms with Gasteiger partial charge in [-0.05, 0) is 24.7 Å². The van der Waals surface area contributed by atoms with E-state index in [0.29, 0.717) is 0 Å². The molecule has 2 rings (SSSR count). The predicted octanol–water partition coefficient (Wildman–Crippen LogP) is 1.73. The third-order valence-electron chi connectivity index (χ3n) is 2.75. The van der Waals surface area contributed by atoms with Crippen LogP contribution in [-0.4, -0.2) is 28.7 Å². The molecular weight excluding hydrogens is 254 g/mol. The quantitative estimate of drug-likeness (QED) is 0.897. The minimum absolute atomic E-state index is 0.128. The van der Waals surface area contributed by atoms with Crippen molar-refractivity contribution in [2.45, 2.75) is 12.7 Å². The van der Waals surface area contributed by atoms with Gasteiger partial charge in [-0.3, -0.25) is 4.68 Å². The Kier molecular flexibility index (Phi) is 4.06. The number of hydrogen-bond acceptors (Lipinski definition) is 4. The molecule has 1 atom stereocenters. The normalized spacial score (nSPS) is 12.7. The maximum Gasteiger partial charge on any atom is 0.387 e. The molecule has 0 radical (unpaired) electrons. The van der Waals surface area contributed by atoms with E-state index in [4.69, 9.17) is 0 Å². The van der Waals surface area contributed by atoms with E-state index < -0.39 is 6.61 Å². The summed E-state index contributed by atoms with van der Waals surface area (Å²) in [6, 6.07) is 6.36. The van der Waals surface area contributed by atoms with Crippen molar-refractivity contribution >= 4 is 0 Å². The lowest BCUT2D eigenvalue weighted by atomic mass is 10.0. The zero-order valence-corrected chi connectivity index (χ0v) is 10.5. The van der Waals surface area contributed by atoms with E-state index in [1.807, 2.05) is 6.07 Å². The lowest BCUT2D eigenvalue weighted by Gasteiger charge is -2.17. The molecular formula is C12H14F2N4O. The molecule has 0 bridgehead atoms. The van der Waals surface area contributed by atoms with Crippen molar-refractivity contribution in [3.05, 3.63) is 41.7 Å². The van der Waals surface area contributed by atoms with Gasteiger partial charge < -0.3 is 10.1 Å². The second kappa shape index (κ2) is 5.75. The summed E-state index contributed by atoms with van der Waals surface area (Å²) >= 11 is 0. The fourth-order valence-corrected chi connectivity index (χ4v) is 1.91. The topological polar surface area (TPSA) is 52.0 Å². The highest BCUT2D eigenvalue weighted by molar-refractivity contribution is 5.34. The van der Waals surface area contributed by atoms with Crippen LogP contribution in [0, 0.1) is 0 Å². The van der Waals surface area contributed by atoms with Crippen LogP contribution in [0.1, 0.15) is 17.3 Å². The molecule has 1 N–H and O–H groups in total. The summed E-state index contributed by atoms with van der Waals surface area (Å²) in [5.74, 6) is 0.128. The Morgan fingerprint density at radius 2 is 2.16 bits per heavy atom. The standard InChI is InChI=1S/C12H14F2N4O/c1-15-11(10-7-16-17-18(10)2)8-4-3-5-9(6-8)19-12(13)14/h3-7,11-12,15H,1-2H3. The first kappa shape index (κ1) is 13.4. The van der Waals surface area contributed by atoms with Gasteiger partial charge >= 0.3 is 6.61 Å². The zero-order chi connectivity index (χ0) is 13.8. The first-order valence-electron chi connectivity index (χ1n) is 5.68. The summed E-state index contributed by atoms with van der Waals surface area (Å²) < 4.78 is 30.4. The molecule has 1 aromatic heterocycles. The molecule has 1 aromatic carbocycles. The number of nitrogens with zero attached hydrogens (tertiary/aromatic N) is 3. The summed E-state index contributed by atoms with van der Waals surface area (Å²) in [7, 11) is 3.55. The van der Waals surface area contributed by atoms with E-state index in [9.17, 15) is 8.78 Å². The lowest BCUT2D eigenvalue weighted by molar-refractivity contribution is -0.0498. The van der Waals surface area contributed by atoms with Gasteiger partial charge in [-0.2, -0.15) is 8.78 Å². The largest absolute Gasteiger partial charge is 0.435 e. The number of benzene rings is 1. The lowest BCUT2D eigenvalue weighted by Crippen LogP contribution is -2.20. The smallest absolute Gasteiger partial charge is 0.387 e. The number of ether oxygens (including phenoxy) is 1. The van der Waals surface area contributed by atoms with Gasteiger partial charge in [-0.1, -0.05) is 17.3 Å². The van der Waals surface area contributed by atoms with Crippen LogP contribution in [0.4, 0.5) is 8.78 Å². The molecule has 5 nitrogen and oxygen atoms in total. The van der Waals surface area contributed by atoms with Gasteiger partial charge in [0.1, 0.15) is 5.75 Å². The van der Waals surface area contributed by atoms with Gasteiger partial charge in [0.25, 0.3) is 0 Å². The number of halogens is 2. The highest BCUT2D eigenvalue weighted by Gasteiger charge is 2.17. The summed E-state index contributed by atoms with van der Waals surface area (Å²) in [4.78, 5) is 0. The van der Waals surface area contributed by atoms with Crippen LogP contribution in [0.25, 0.3) is 0 Å². The number of rotatable bonds is 5. The maximum atomic E-state index is 12.2. The Balaban J connectivity index is 2.31. The molecule has 0 aliphatic heterocycles. The monoisotopic (exact) mass is 268 g/mol. The van der Waals surface area contributed by atoms with Crippen LogP contribution in [-0.2, 0) is 7.05 Å². The van der Waals surface area contributed by atoms with Crippen molar-refractivity contribution in [2.75, 3.05) is 7.05 Å². The fraction of sp³-hybridized carbons (Fsp3) is 0.333.